The fraction of sp³-hybridized carbons (Fsp3) is 0.714. The average molecular weight is 254 g/mol. The Morgan fingerprint density at radius 3 is 2.22 bits per heavy atom. The second kappa shape index (κ2) is 7.19. The van der Waals surface area contributed by atoms with E-state index >= 15 is 0 Å². The predicted molar refractivity (Wildman–Crippen MR) is 73.7 cm³/mol. The van der Waals surface area contributed by atoms with E-state index in [1.54, 1.807) is 6.08 Å². The summed E-state index contributed by atoms with van der Waals surface area (Å²) in [6.45, 7) is 12.2. The summed E-state index contributed by atoms with van der Waals surface area (Å²) < 4.78 is 0. The molecule has 0 rings (SSSR count). The molecule has 104 valence electrons. The molecule has 0 radical (unpaired) electrons. The summed E-state index contributed by atoms with van der Waals surface area (Å²) in [5.74, 6) is -1.40. The summed E-state index contributed by atoms with van der Waals surface area (Å²) in [4.78, 5) is 23.6. The van der Waals surface area contributed by atoms with E-state index < -0.39 is 11.8 Å². The number of rotatable bonds is 7. The first-order valence-corrected chi connectivity index (χ1v) is 6.40. The van der Waals surface area contributed by atoms with Crippen molar-refractivity contribution in [2.75, 3.05) is 6.54 Å². The lowest BCUT2D eigenvalue weighted by Crippen LogP contribution is -2.41. The van der Waals surface area contributed by atoms with Crippen LogP contribution in [0.4, 0.5) is 0 Å². The maximum Gasteiger partial charge on any atom is 0.223 e. The van der Waals surface area contributed by atoms with E-state index in [4.69, 9.17) is 5.73 Å². The van der Waals surface area contributed by atoms with Crippen LogP contribution in [-0.2, 0) is 9.59 Å². The number of carbonyl (C=O) groups excluding carboxylic acids is 2. The van der Waals surface area contributed by atoms with E-state index in [1.165, 1.54) is 0 Å². The molecule has 0 bridgehead atoms. The molecule has 4 heteroatoms. The van der Waals surface area contributed by atoms with Gasteiger partial charge >= 0.3 is 0 Å². The van der Waals surface area contributed by atoms with E-state index in [0.717, 1.165) is 0 Å². The van der Waals surface area contributed by atoms with Gasteiger partial charge in [0.05, 0.1) is 11.8 Å². The average Bonchev–Trinajstić information content (AvgIpc) is 2.21. The first kappa shape index (κ1) is 16.7. The van der Waals surface area contributed by atoms with E-state index in [0.29, 0.717) is 19.4 Å². The molecule has 0 aliphatic carbocycles. The minimum Gasteiger partial charge on any atom is -0.369 e. The van der Waals surface area contributed by atoms with Crippen LogP contribution in [0.15, 0.2) is 12.7 Å². The largest absolute Gasteiger partial charge is 0.369 e. The molecule has 0 fully saturated rings. The predicted octanol–water partition coefficient (Wildman–Crippen LogP) is 1.85. The molecule has 1 unspecified atom stereocenters. The number of hydrogen-bond donors (Lipinski definition) is 2. The summed E-state index contributed by atoms with van der Waals surface area (Å²) >= 11 is 0. The molecular weight excluding hydrogens is 228 g/mol. The lowest BCUT2D eigenvalue weighted by Gasteiger charge is -2.29. The van der Waals surface area contributed by atoms with Crippen LogP contribution in [0.25, 0.3) is 0 Å². The molecule has 0 aromatic heterocycles. The zero-order valence-corrected chi connectivity index (χ0v) is 12.0. The van der Waals surface area contributed by atoms with Crippen LogP contribution in [0.5, 0.6) is 0 Å². The number of nitrogens with two attached hydrogens (primary N) is 1. The van der Waals surface area contributed by atoms with Crippen molar-refractivity contribution in [3.63, 3.8) is 0 Å². The topological polar surface area (TPSA) is 72.2 Å². The van der Waals surface area contributed by atoms with E-state index in [-0.39, 0.29) is 17.2 Å². The molecule has 4 nitrogen and oxygen atoms in total. The van der Waals surface area contributed by atoms with Gasteiger partial charge in [-0.05, 0) is 25.2 Å². The van der Waals surface area contributed by atoms with Gasteiger partial charge in [-0.15, -0.1) is 6.58 Å². The highest BCUT2D eigenvalue weighted by Crippen LogP contribution is 2.31. The van der Waals surface area contributed by atoms with Crippen molar-refractivity contribution in [2.24, 2.45) is 23.0 Å². The zero-order valence-electron chi connectivity index (χ0n) is 12.0. The number of hydrogen-bond acceptors (Lipinski definition) is 2. The highest BCUT2D eigenvalue weighted by Gasteiger charge is 2.34. The molecule has 2 amide bonds. The maximum absolute atomic E-state index is 12.1. The van der Waals surface area contributed by atoms with Crippen molar-refractivity contribution in [3.8, 4) is 0 Å². The number of amides is 2. The molecule has 3 N–H and O–H groups in total. The van der Waals surface area contributed by atoms with Gasteiger partial charge in [0, 0.05) is 6.54 Å². The van der Waals surface area contributed by atoms with Crippen LogP contribution in [-0.4, -0.2) is 18.4 Å². The fourth-order valence-electron chi connectivity index (χ4n) is 2.04. The van der Waals surface area contributed by atoms with Crippen molar-refractivity contribution in [1.82, 2.24) is 5.32 Å². The molecule has 0 aliphatic heterocycles. The summed E-state index contributed by atoms with van der Waals surface area (Å²) in [5.41, 5.74) is 5.37. The van der Waals surface area contributed by atoms with Crippen LogP contribution in [0, 0.1) is 17.3 Å². The minimum absolute atomic E-state index is 0.0371. The summed E-state index contributed by atoms with van der Waals surface area (Å²) in [6, 6.07) is 0. The SMILES string of the molecule is C=CC[C@H](C(N)=O)C(CC(C)(C)C)C(=O)NCC. The highest BCUT2D eigenvalue weighted by molar-refractivity contribution is 5.87. The monoisotopic (exact) mass is 254 g/mol. The Labute approximate surface area is 110 Å². The Kier molecular flexibility index (Phi) is 6.66. The summed E-state index contributed by atoms with van der Waals surface area (Å²) in [5, 5.41) is 2.78. The molecule has 0 saturated carbocycles. The van der Waals surface area contributed by atoms with Crippen LogP contribution >= 0.6 is 0 Å². The molecular formula is C14H26N2O2. The highest BCUT2D eigenvalue weighted by atomic mass is 16.2. The van der Waals surface area contributed by atoms with Gasteiger partial charge in [0.2, 0.25) is 11.8 Å². The number of carbonyl (C=O) groups is 2. The third-order valence-electron chi connectivity index (χ3n) is 2.79. The van der Waals surface area contributed by atoms with Gasteiger partial charge < -0.3 is 11.1 Å². The van der Waals surface area contributed by atoms with Crippen LogP contribution in [0.1, 0.15) is 40.5 Å². The quantitative estimate of drug-likeness (QED) is 0.681. The lowest BCUT2D eigenvalue weighted by atomic mass is 9.76. The Hall–Kier alpha value is -1.32. The molecule has 0 spiro atoms. The van der Waals surface area contributed by atoms with Gasteiger partial charge in [-0.25, -0.2) is 0 Å². The van der Waals surface area contributed by atoms with E-state index in [2.05, 4.69) is 11.9 Å². The van der Waals surface area contributed by atoms with Gasteiger partial charge in [-0.1, -0.05) is 26.8 Å². The second-order valence-corrected chi connectivity index (χ2v) is 5.80. The molecule has 0 aliphatic rings. The maximum atomic E-state index is 12.1. The Morgan fingerprint density at radius 2 is 1.89 bits per heavy atom. The molecule has 0 heterocycles. The van der Waals surface area contributed by atoms with Crippen molar-refractivity contribution in [3.05, 3.63) is 12.7 Å². The first-order chi connectivity index (χ1) is 8.22. The normalized spacial score (nSPS) is 14.7. The Morgan fingerprint density at radius 1 is 1.33 bits per heavy atom. The molecule has 2 atom stereocenters. The third-order valence-corrected chi connectivity index (χ3v) is 2.79. The molecule has 0 aromatic rings. The van der Waals surface area contributed by atoms with Crippen molar-refractivity contribution in [2.45, 2.75) is 40.5 Å². The fourth-order valence-corrected chi connectivity index (χ4v) is 2.04. The van der Waals surface area contributed by atoms with Gasteiger partial charge in [-0.2, -0.15) is 0 Å². The van der Waals surface area contributed by atoms with E-state index in [9.17, 15) is 9.59 Å². The third kappa shape index (κ3) is 5.84. The second-order valence-electron chi connectivity index (χ2n) is 5.80. The van der Waals surface area contributed by atoms with Gasteiger partial charge in [0.25, 0.3) is 0 Å². The Balaban J connectivity index is 5.08. The number of allylic oxidation sites excluding steroid dienone is 1. The molecule has 0 aromatic carbocycles. The van der Waals surface area contributed by atoms with Gasteiger partial charge in [0.1, 0.15) is 0 Å². The lowest BCUT2D eigenvalue weighted by molar-refractivity contribution is -0.134. The number of primary amides is 1. The summed E-state index contributed by atoms with van der Waals surface area (Å²) in [6.07, 6.45) is 2.71. The van der Waals surface area contributed by atoms with Crippen LogP contribution < -0.4 is 11.1 Å². The van der Waals surface area contributed by atoms with Gasteiger partial charge in [0.15, 0.2) is 0 Å². The zero-order chi connectivity index (χ0) is 14.3. The van der Waals surface area contributed by atoms with Crippen LogP contribution in [0.2, 0.25) is 0 Å². The van der Waals surface area contributed by atoms with Crippen LogP contribution in [0.3, 0.4) is 0 Å². The van der Waals surface area contributed by atoms with Crippen molar-refractivity contribution < 1.29 is 9.59 Å². The van der Waals surface area contributed by atoms with Gasteiger partial charge in [-0.3, -0.25) is 9.59 Å². The van der Waals surface area contributed by atoms with Crippen molar-refractivity contribution in [1.29, 1.82) is 0 Å². The standard InChI is InChI=1S/C14H26N2O2/c1-6-8-10(12(15)17)11(9-14(3,4)5)13(18)16-7-2/h6,10-11H,1,7-9H2,2-5H3,(H2,15,17)(H,16,18)/t10-,11?/m0/s1. The van der Waals surface area contributed by atoms with E-state index in [1.807, 2.05) is 27.7 Å². The Bertz CT molecular complexity index is 305. The smallest absolute Gasteiger partial charge is 0.223 e. The molecule has 0 saturated heterocycles. The number of nitrogens with one attached hydrogen (secondary N) is 1. The van der Waals surface area contributed by atoms with Crippen molar-refractivity contribution >= 4 is 11.8 Å². The molecule has 18 heavy (non-hydrogen) atoms. The first-order valence-electron chi connectivity index (χ1n) is 6.40. The summed E-state index contributed by atoms with van der Waals surface area (Å²) in [7, 11) is 0. The minimum atomic E-state index is -0.478.